The molecule has 3 unspecified atom stereocenters. The van der Waals surface area contributed by atoms with Gasteiger partial charge in [-0.2, -0.15) is 0 Å². The first-order valence-corrected chi connectivity index (χ1v) is 5.66. The molecule has 0 aromatic heterocycles. The number of nitrogens with zero attached hydrogens (tertiary/aromatic N) is 3. The predicted octanol–water partition coefficient (Wildman–Crippen LogP) is 1.35. The number of azide groups is 1. The van der Waals surface area contributed by atoms with E-state index in [4.69, 9.17) is 5.53 Å². The Bertz CT molecular complexity index is 219. The zero-order chi connectivity index (χ0) is 12.4. The first-order valence-electron chi connectivity index (χ1n) is 5.66. The lowest BCUT2D eigenvalue weighted by Crippen LogP contribution is -2.31. The van der Waals surface area contributed by atoms with E-state index in [1.807, 2.05) is 0 Å². The second-order valence-electron chi connectivity index (χ2n) is 3.93. The molecule has 0 heterocycles. The van der Waals surface area contributed by atoms with Crippen LogP contribution in [0.5, 0.6) is 0 Å². The molecule has 0 aliphatic carbocycles. The van der Waals surface area contributed by atoms with Crippen LogP contribution in [0.2, 0.25) is 0 Å². The van der Waals surface area contributed by atoms with E-state index in [9.17, 15) is 15.3 Å². The summed E-state index contributed by atoms with van der Waals surface area (Å²) in [5.74, 6) is 0. The van der Waals surface area contributed by atoms with E-state index in [-0.39, 0.29) is 13.0 Å². The van der Waals surface area contributed by atoms with Crippen molar-refractivity contribution in [1.29, 1.82) is 0 Å². The highest BCUT2D eigenvalue weighted by Crippen LogP contribution is 2.11. The van der Waals surface area contributed by atoms with Crippen molar-refractivity contribution in [2.45, 2.75) is 57.3 Å². The van der Waals surface area contributed by atoms with Gasteiger partial charge < -0.3 is 15.3 Å². The van der Waals surface area contributed by atoms with Crippen LogP contribution in [0.4, 0.5) is 0 Å². The molecule has 0 bridgehead atoms. The number of hydrogen-bond donors (Lipinski definition) is 3. The first kappa shape index (κ1) is 15.2. The number of hydrogen-bond acceptors (Lipinski definition) is 4. The van der Waals surface area contributed by atoms with Crippen LogP contribution in [-0.2, 0) is 0 Å². The van der Waals surface area contributed by atoms with Crippen molar-refractivity contribution < 1.29 is 15.3 Å². The smallest absolute Gasteiger partial charge is 0.0823 e. The first-order chi connectivity index (χ1) is 7.61. The van der Waals surface area contributed by atoms with Gasteiger partial charge in [-0.25, -0.2) is 0 Å². The summed E-state index contributed by atoms with van der Waals surface area (Å²) in [5.41, 5.74) is 8.04. The molecule has 0 aliphatic rings. The Morgan fingerprint density at radius 2 is 1.88 bits per heavy atom. The third kappa shape index (κ3) is 7.48. The second kappa shape index (κ2) is 9.42. The molecule has 0 aliphatic heterocycles. The molecule has 6 nitrogen and oxygen atoms in total. The molecule has 3 N–H and O–H groups in total. The van der Waals surface area contributed by atoms with Crippen molar-refractivity contribution in [3.05, 3.63) is 10.4 Å². The van der Waals surface area contributed by atoms with Gasteiger partial charge in [-0.05, 0) is 12.0 Å². The van der Waals surface area contributed by atoms with Gasteiger partial charge >= 0.3 is 0 Å². The molecule has 0 amide bonds. The summed E-state index contributed by atoms with van der Waals surface area (Å²) in [6.07, 6.45) is 0.837. The summed E-state index contributed by atoms with van der Waals surface area (Å²) >= 11 is 0. The predicted molar refractivity (Wildman–Crippen MR) is 60.8 cm³/mol. The van der Waals surface area contributed by atoms with Crippen LogP contribution in [0.25, 0.3) is 10.4 Å². The van der Waals surface area contributed by atoms with Gasteiger partial charge in [-0.1, -0.05) is 31.3 Å². The highest BCUT2D eigenvalue weighted by molar-refractivity contribution is 4.72. The molecule has 0 aromatic carbocycles. The fourth-order valence-corrected chi connectivity index (χ4v) is 1.44. The maximum atomic E-state index is 9.55. The topological polar surface area (TPSA) is 109 Å². The van der Waals surface area contributed by atoms with E-state index < -0.39 is 18.3 Å². The Labute approximate surface area is 95.5 Å². The largest absolute Gasteiger partial charge is 0.393 e. The van der Waals surface area contributed by atoms with Crippen molar-refractivity contribution in [3.63, 3.8) is 0 Å². The minimum atomic E-state index is -0.958. The second-order valence-corrected chi connectivity index (χ2v) is 3.93. The molecule has 94 valence electrons. The molecule has 3 atom stereocenters. The Morgan fingerprint density at radius 3 is 2.44 bits per heavy atom. The van der Waals surface area contributed by atoms with Crippen molar-refractivity contribution >= 4 is 0 Å². The van der Waals surface area contributed by atoms with Gasteiger partial charge in [0.15, 0.2) is 0 Å². The monoisotopic (exact) mass is 231 g/mol. The molecule has 16 heavy (non-hydrogen) atoms. The fourth-order valence-electron chi connectivity index (χ4n) is 1.44. The van der Waals surface area contributed by atoms with Gasteiger partial charge in [0.1, 0.15) is 0 Å². The van der Waals surface area contributed by atoms with E-state index in [1.54, 1.807) is 0 Å². The summed E-state index contributed by atoms with van der Waals surface area (Å²) in [5, 5.41) is 31.6. The summed E-state index contributed by atoms with van der Waals surface area (Å²) in [6.45, 7) is 1.99. The SMILES string of the molecule is CCCCCC(O)C(O)CC(O)CN=[N+]=[N-]. The average Bonchev–Trinajstić information content (AvgIpc) is 2.26. The van der Waals surface area contributed by atoms with Gasteiger partial charge in [0.25, 0.3) is 0 Å². The van der Waals surface area contributed by atoms with E-state index in [1.165, 1.54) is 0 Å². The Hall–Kier alpha value is -0.810. The number of rotatable bonds is 9. The Balaban J connectivity index is 3.75. The fraction of sp³-hybridized carbons (Fsp3) is 1.00. The van der Waals surface area contributed by atoms with Crippen LogP contribution in [0.3, 0.4) is 0 Å². The van der Waals surface area contributed by atoms with Crippen molar-refractivity contribution in [3.8, 4) is 0 Å². The summed E-state index contributed by atoms with van der Waals surface area (Å²) in [6, 6.07) is 0. The van der Waals surface area contributed by atoms with Gasteiger partial charge in [-0.15, -0.1) is 0 Å². The molecule has 6 heteroatoms. The van der Waals surface area contributed by atoms with Crippen molar-refractivity contribution in [1.82, 2.24) is 0 Å². The minimum absolute atomic E-state index is 0.0340. The highest BCUT2D eigenvalue weighted by Gasteiger charge is 2.19. The van der Waals surface area contributed by atoms with Crippen LogP contribution in [0.1, 0.15) is 39.0 Å². The zero-order valence-electron chi connectivity index (χ0n) is 9.66. The molecule has 0 rings (SSSR count). The normalized spacial score (nSPS) is 16.2. The molecule has 0 aromatic rings. The molecular formula is C10H21N3O3. The van der Waals surface area contributed by atoms with Crippen LogP contribution >= 0.6 is 0 Å². The van der Waals surface area contributed by atoms with E-state index in [0.717, 1.165) is 19.3 Å². The van der Waals surface area contributed by atoms with Gasteiger partial charge in [0.2, 0.25) is 0 Å². The summed E-state index contributed by atoms with van der Waals surface area (Å²) in [7, 11) is 0. The van der Waals surface area contributed by atoms with Crippen LogP contribution in [0.15, 0.2) is 5.11 Å². The zero-order valence-corrected chi connectivity index (χ0v) is 9.66. The third-order valence-electron chi connectivity index (χ3n) is 2.42. The lowest BCUT2D eigenvalue weighted by atomic mass is 10.0. The number of aliphatic hydroxyl groups is 3. The standard InChI is InChI=1S/C10H21N3O3/c1-2-3-4-5-9(15)10(16)6-8(14)7-12-13-11/h8-10,14-16H,2-7H2,1H3. The minimum Gasteiger partial charge on any atom is -0.393 e. The van der Waals surface area contributed by atoms with Gasteiger partial charge in [0, 0.05) is 11.3 Å². The molecule has 0 saturated heterocycles. The highest BCUT2D eigenvalue weighted by atomic mass is 16.3. The van der Waals surface area contributed by atoms with Gasteiger partial charge in [0.05, 0.1) is 24.9 Å². The van der Waals surface area contributed by atoms with Crippen molar-refractivity contribution in [2.75, 3.05) is 6.54 Å². The maximum absolute atomic E-state index is 9.55. The maximum Gasteiger partial charge on any atom is 0.0823 e. The van der Waals surface area contributed by atoms with E-state index in [2.05, 4.69) is 16.9 Å². The van der Waals surface area contributed by atoms with E-state index in [0.29, 0.717) is 6.42 Å². The number of unbranched alkanes of at least 4 members (excludes halogenated alkanes) is 2. The van der Waals surface area contributed by atoms with Gasteiger partial charge in [-0.3, -0.25) is 0 Å². The van der Waals surface area contributed by atoms with Crippen LogP contribution in [-0.4, -0.2) is 40.2 Å². The Morgan fingerprint density at radius 1 is 1.19 bits per heavy atom. The van der Waals surface area contributed by atoms with E-state index >= 15 is 0 Å². The molecule has 0 spiro atoms. The summed E-state index contributed by atoms with van der Waals surface area (Å²) < 4.78 is 0. The number of aliphatic hydroxyl groups excluding tert-OH is 3. The molecule has 0 radical (unpaired) electrons. The third-order valence-corrected chi connectivity index (χ3v) is 2.42. The van der Waals surface area contributed by atoms with Crippen LogP contribution < -0.4 is 0 Å². The lowest BCUT2D eigenvalue weighted by molar-refractivity contribution is -0.0148. The quantitative estimate of drug-likeness (QED) is 0.241. The lowest BCUT2D eigenvalue weighted by Gasteiger charge is -2.19. The molecular weight excluding hydrogens is 210 g/mol. The Kier molecular flexibility index (Phi) is 8.94. The average molecular weight is 231 g/mol. The molecule has 0 fully saturated rings. The summed E-state index contributed by atoms with van der Waals surface area (Å²) in [4.78, 5) is 2.51. The molecule has 0 saturated carbocycles. The van der Waals surface area contributed by atoms with Crippen molar-refractivity contribution in [2.24, 2.45) is 5.11 Å². The van der Waals surface area contributed by atoms with Crippen LogP contribution in [0, 0.1) is 0 Å².